The smallest absolute Gasteiger partial charge is 0.131 e. The minimum absolute atomic E-state index is 0.493. The van der Waals surface area contributed by atoms with Gasteiger partial charge in [-0.1, -0.05) is 6.07 Å². The van der Waals surface area contributed by atoms with E-state index in [4.69, 9.17) is 0 Å². The summed E-state index contributed by atoms with van der Waals surface area (Å²) in [5.41, 5.74) is 2.46. The van der Waals surface area contributed by atoms with Crippen molar-refractivity contribution in [2.75, 3.05) is 25.0 Å². The van der Waals surface area contributed by atoms with Crippen molar-refractivity contribution in [3.05, 3.63) is 48.2 Å². The number of piperidine rings is 1. The molecule has 5 nitrogen and oxygen atoms in total. The number of pyridine rings is 1. The van der Waals surface area contributed by atoms with Gasteiger partial charge >= 0.3 is 0 Å². The van der Waals surface area contributed by atoms with Crippen LogP contribution >= 0.6 is 0 Å². The lowest BCUT2D eigenvalue weighted by Crippen LogP contribution is -2.46. The minimum atomic E-state index is 0.493. The molecule has 22 heavy (non-hydrogen) atoms. The molecule has 0 saturated carbocycles. The van der Waals surface area contributed by atoms with Gasteiger partial charge in [0.1, 0.15) is 12.1 Å². The molecule has 1 aliphatic rings. The first-order chi connectivity index (χ1) is 10.7. The Morgan fingerprint density at radius 2 is 2.18 bits per heavy atom. The van der Waals surface area contributed by atoms with Crippen molar-refractivity contribution < 1.29 is 0 Å². The summed E-state index contributed by atoms with van der Waals surface area (Å²) in [6.45, 7) is 5.26. The van der Waals surface area contributed by atoms with Crippen molar-refractivity contribution in [2.45, 2.75) is 32.4 Å². The summed E-state index contributed by atoms with van der Waals surface area (Å²) in [5, 5.41) is 0. The zero-order valence-corrected chi connectivity index (χ0v) is 13.3. The molecular weight excluding hydrogens is 274 g/mol. The minimum Gasteiger partial charge on any atom is -0.355 e. The van der Waals surface area contributed by atoms with Gasteiger partial charge in [0.2, 0.25) is 0 Å². The second kappa shape index (κ2) is 6.83. The molecule has 3 rings (SSSR count). The van der Waals surface area contributed by atoms with Gasteiger partial charge < -0.3 is 4.90 Å². The van der Waals surface area contributed by atoms with Crippen molar-refractivity contribution in [2.24, 2.45) is 0 Å². The summed E-state index contributed by atoms with van der Waals surface area (Å²) in [6, 6.07) is 6.60. The highest BCUT2D eigenvalue weighted by Gasteiger charge is 2.24. The first-order valence-corrected chi connectivity index (χ1v) is 7.86. The number of likely N-dealkylation sites (tertiary alicyclic amines) is 1. The van der Waals surface area contributed by atoms with Crippen LogP contribution in [0.5, 0.6) is 0 Å². The van der Waals surface area contributed by atoms with E-state index < -0.39 is 0 Å². The second-order valence-corrected chi connectivity index (χ2v) is 5.98. The maximum Gasteiger partial charge on any atom is 0.131 e. The molecule has 0 bridgehead atoms. The molecule has 1 unspecified atom stereocenters. The van der Waals surface area contributed by atoms with Gasteiger partial charge in [-0.25, -0.2) is 9.97 Å². The van der Waals surface area contributed by atoms with E-state index >= 15 is 0 Å². The predicted molar refractivity (Wildman–Crippen MR) is 87.7 cm³/mol. The predicted octanol–water partition coefficient (Wildman–Crippen LogP) is 2.28. The van der Waals surface area contributed by atoms with Gasteiger partial charge in [0, 0.05) is 38.6 Å². The average molecular weight is 297 g/mol. The first-order valence-electron chi connectivity index (χ1n) is 7.86. The molecule has 1 fully saturated rings. The van der Waals surface area contributed by atoms with E-state index in [1.54, 1.807) is 12.5 Å². The van der Waals surface area contributed by atoms with E-state index in [2.05, 4.69) is 44.8 Å². The average Bonchev–Trinajstić information content (AvgIpc) is 2.57. The first kappa shape index (κ1) is 14.9. The lowest BCUT2D eigenvalue weighted by molar-refractivity contribution is 0.196. The third kappa shape index (κ3) is 3.42. The molecule has 0 N–H and O–H groups in total. The normalized spacial score (nSPS) is 19.1. The SMILES string of the molecule is Cc1cccnc1CN1CCCC(N(C)c2ccncn2)C1. The third-order valence-corrected chi connectivity index (χ3v) is 4.45. The summed E-state index contributed by atoms with van der Waals surface area (Å²) >= 11 is 0. The molecule has 0 aliphatic carbocycles. The number of nitrogens with zero attached hydrogens (tertiary/aromatic N) is 5. The Hall–Kier alpha value is -2.01. The Bertz CT molecular complexity index is 601. The standard InChI is InChI=1S/C17H23N5/c1-14-5-3-8-19-16(14)12-22-10-4-6-15(11-22)21(2)17-7-9-18-13-20-17/h3,5,7-9,13,15H,4,6,10-12H2,1-2H3. The molecule has 116 valence electrons. The molecular formula is C17H23N5. The number of likely N-dealkylation sites (N-methyl/N-ethyl adjacent to an activating group) is 1. The number of rotatable bonds is 4. The van der Waals surface area contributed by atoms with Crippen LogP contribution in [0.25, 0.3) is 0 Å². The number of aryl methyl sites for hydroxylation is 1. The van der Waals surface area contributed by atoms with E-state index in [0.29, 0.717) is 6.04 Å². The molecule has 5 heteroatoms. The van der Waals surface area contributed by atoms with E-state index in [9.17, 15) is 0 Å². The highest BCUT2D eigenvalue weighted by molar-refractivity contribution is 5.37. The van der Waals surface area contributed by atoms with Crippen LogP contribution in [0.15, 0.2) is 36.9 Å². The lowest BCUT2D eigenvalue weighted by atomic mass is 10.0. The molecule has 0 spiro atoms. The van der Waals surface area contributed by atoms with Crippen LogP contribution in [0.4, 0.5) is 5.82 Å². The Morgan fingerprint density at radius 3 is 2.95 bits per heavy atom. The van der Waals surface area contributed by atoms with E-state index in [1.165, 1.54) is 24.1 Å². The molecule has 0 radical (unpaired) electrons. The van der Waals surface area contributed by atoms with Crippen molar-refractivity contribution >= 4 is 5.82 Å². The number of hydrogen-bond donors (Lipinski definition) is 0. The summed E-state index contributed by atoms with van der Waals surface area (Å²) in [5.74, 6) is 0.996. The molecule has 1 aliphatic heterocycles. The maximum atomic E-state index is 4.52. The zero-order valence-electron chi connectivity index (χ0n) is 13.3. The van der Waals surface area contributed by atoms with E-state index in [0.717, 1.165) is 25.5 Å². The van der Waals surface area contributed by atoms with Crippen LogP contribution in [0.1, 0.15) is 24.1 Å². The number of anilines is 1. The molecule has 1 saturated heterocycles. The van der Waals surface area contributed by atoms with Crippen LogP contribution in [-0.2, 0) is 6.54 Å². The highest BCUT2D eigenvalue weighted by Crippen LogP contribution is 2.20. The van der Waals surface area contributed by atoms with Crippen LogP contribution in [0.3, 0.4) is 0 Å². The van der Waals surface area contributed by atoms with Crippen molar-refractivity contribution in [3.63, 3.8) is 0 Å². The van der Waals surface area contributed by atoms with Crippen LogP contribution in [0, 0.1) is 6.92 Å². The Morgan fingerprint density at radius 1 is 1.27 bits per heavy atom. The van der Waals surface area contributed by atoms with Crippen molar-refractivity contribution in [1.82, 2.24) is 19.9 Å². The second-order valence-electron chi connectivity index (χ2n) is 5.98. The number of hydrogen-bond acceptors (Lipinski definition) is 5. The van der Waals surface area contributed by atoms with E-state index in [-0.39, 0.29) is 0 Å². The fourth-order valence-electron chi connectivity index (χ4n) is 3.07. The Labute approximate surface area is 132 Å². The van der Waals surface area contributed by atoms with Crippen LogP contribution in [-0.4, -0.2) is 46.0 Å². The van der Waals surface area contributed by atoms with Crippen molar-refractivity contribution in [3.8, 4) is 0 Å². The van der Waals surface area contributed by atoms with Crippen LogP contribution in [0.2, 0.25) is 0 Å². The molecule has 3 heterocycles. The van der Waals surface area contributed by atoms with Crippen molar-refractivity contribution in [1.29, 1.82) is 0 Å². The highest BCUT2D eigenvalue weighted by atomic mass is 15.3. The lowest BCUT2D eigenvalue weighted by Gasteiger charge is -2.38. The van der Waals surface area contributed by atoms with E-state index in [1.807, 2.05) is 18.3 Å². The fourth-order valence-corrected chi connectivity index (χ4v) is 3.07. The summed E-state index contributed by atoms with van der Waals surface area (Å²) in [4.78, 5) is 17.7. The third-order valence-electron chi connectivity index (χ3n) is 4.45. The van der Waals surface area contributed by atoms with Gasteiger partial charge in [0.15, 0.2) is 0 Å². The Balaban J connectivity index is 1.66. The molecule has 0 aromatic carbocycles. The number of aromatic nitrogens is 3. The van der Waals surface area contributed by atoms with Crippen LogP contribution < -0.4 is 4.90 Å². The zero-order chi connectivity index (χ0) is 15.4. The maximum absolute atomic E-state index is 4.52. The quantitative estimate of drug-likeness (QED) is 0.866. The van der Waals surface area contributed by atoms with Gasteiger partial charge in [-0.3, -0.25) is 9.88 Å². The molecule has 2 aromatic heterocycles. The molecule has 2 aromatic rings. The summed E-state index contributed by atoms with van der Waals surface area (Å²) < 4.78 is 0. The molecule has 1 atom stereocenters. The monoisotopic (exact) mass is 297 g/mol. The van der Waals surface area contributed by atoms with Gasteiger partial charge in [0.05, 0.1) is 5.69 Å². The Kier molecular flexibility index (Phi) is 4.63. The molecule has 0 amide bonds. The van der Waals surface area contributed by atoms with Gasteiger partial charge in [-0.15, -0.1) is 0 Å². The summed E-state index contributed by atoms with van der Waals surface area (Å²) in [7, 11) is 2.13. The fraction of sp³-hybridized carbons (Fsp3) is 0.471. The largest absolute Gasteiger partial charge is 0.355 e. The van der Waals surface area contributed by atoms with Gasteiger partial charge in [0.25, 0.3) is 0 Å². The van der Waals surface area contributed by atoms with Gasteiger partial charge in [-0.05, 0) is 44.0 Å². The summed E-state index contributed by atoms with van der Waals surface area (Å²) in [6.07, 6.45) is 7.72. The van der Waals surface area contributed by atoms with Gasteiger partial charge in [-0.2, -0.15) is 0 Å². The topological polar surface area (TPSA) is 45.2 Å².